The number of hydrogen-bond donors (Lipinski definition) is 1. The summed E-state index contributed by atoms with van der Waals surface area (Å²) in [6, 6.07) is 1.52. The Kier molecular flexibility index (Phi) is 3.73. The molecule has 0 saturated heterocycles. The molecule has 1 aromatic heterocycles. The fraction of sp³-hybridized carbons (Fsp3) is 0.333. The van der Waals surface area contributed by atoms with Gasteiger partial charge in [0.1, 0.15) is 13.4 Å². The van der Waals surface area contributed by atoms with E-state index in [4.69, 9.17) is 11.0 Å². The van der Waals surface area contributed by atoms with E-state index < -0.39 is 6.04 Å². The van der Waals surface area contributed by atoms with Crippen LogP contribution in [0.15, 0.2) is 6.33 Å². The van der Waals surface area contributed by atoms with Crippen LogP contribution in [0.1, 0.15) is 0 Å². The summed E-state index contributed by atoms with van der Waals surface area (Å²) in [5.74, 6) is 0. The molecule has 1 heterocycles. The Hall–Kier alpha value is 0.120. The minimum Gasteiger partial charge on any atom is -0.323 e. The zero-order valence-electron chi connectivity index (χ0n) is 6.04. The maximum absolute atomic E-state index is 8.48. The van der Waals surface area contributed by atoms with Crippen molar-refractivity contribution in [3.8, 4) is 6.07 Å². The molecule has 0 bridgehead atoms. The molecule has 1 unspecified atom stereocenters. The Balaban J connectivity index is 2.77. The molecule has 0 aliphatic rings. The number of hydrogen-bond acceptors (Lipinski definition) is 3. The standard InChI is InChI=1S/C6H6I2N4/c7-5-6(8)12(3-11-5)2-4(10)1-9/h3-4H,2,10H2. The van der Waals surface area contributed by atoms with Crippen LogP contribution in [0.5, 0.6) is 0 Å². The number of nitrogens with zero attached hydrogens (tertiary/aromatic N) is 3. The number of nitrogens with two attached hydrogens (primary N) is 1. The third-order valence-corrected chi connectivity index (χ3v) is 4.24. The van der Waals surface area contributed by atoms with Crippen LogP contribution in [0.2, 0.25) is 0 Å². The number of aromatic nitrogens is 2. The van der Waals surface area contributed by atoms with Gasteiger partial charge in [-0.1, -0.05) is 0 Å². The first-order valence-corrected chi connectivity index (χ1v) is 5.32. The first kappa shape index (κ1) is 10.2. The van der Waals surface area contributed by atoms with Gasteiger partial charge in [-0.2, -0.15) is 5.26 Å². The zero-order valence-corrected chi connectivity index (χ0v) is 10.4. The van der Waals surface area contributed by atoms with Crippen LogP contribution in [-0.2, 0) is 6.54 Å². The Bertz CT molecular complexity index is 314. The minimum atomic E-state index is -0.455. The van der Waals surface area contributed by atoms with Crippen LogP contribution in [0, 0.1) is 18.7 Å². The molecular weight excluding hydrogens is 382 g/mol. The van der Waals surface area contributed by atoms with Crippen LogP contribution >= 0.6 is 45.2 Å². The third-order valence-electron chi connectivity index (χ3n) is 1.29. The van der Waals surface area contributed by atoms with Gasteiger partial charge in [0.25, 0.3) is 0 Å². The van der Waals surface area contributed by atoms with E-state index >= 15 is 0 Å². The second kappa shape index (κ2) is 4.38. The zero-order chi connectivity index (χ0) is 9.14. The monoisotopic (exact) mass is 388 g/mol. The summed E-state index contributed by atoms with van der Waals surface area (Å²) in [5.41, 5.74) is 5.47. The third kappa shape index (κ3) is 2.30. The van der Waals surface area contributed by atoms with Crippen molar-refractivity contribution in [1.29, 1.82) is 5.26 Å². The second-order valence-electron chi connectivity index (χ2n) is 2.21. The van der Waals surface area contributed by atoms with E-state index in [9.17, 15) is 0 Å². The van der Waals surface area contributed by atoms with Crippen molar-refractivity contribution in [2.24, 2.45) is 5.73 Å². The summed E-state index contributed by atoms with van der Waals surface area (Å²) in [7, 11) is 0. The second-order valence-corrected chi connectivity index (χ2v) is 4.26. The lowest BCUT2D eigenvalue weighted by Crippen LogP contribution is -2.24. The molecule has 0 amide bonds. The highest BCUT2D eigenvalue weighted by molar-refractivity contribution is 14.1. The number of rotatable bonds is 2. The molecular formula is C6H6I2N4. The summed E-state index contributed by atoms with van der Waals surface area (Å²) < 4.78 is 3.84. The van der Waals surface area contributed by atoms with Gasteiger partial charge in [0, 0.05) is 0 Å². The summed E-state index contributed by atoms with van der Waals surface area (Å²) in [6.45, 7) is 0.505. The lowest BCUT2D eigenvalue weighted by atomic mass is 10.3. The predicted molar refractivity (Wildman–Crippen MR) is 61.2 cm³/mol. The van der Waals surface area contributed by atoms with Crippen molar-refractivity contribution in [3.63, 3.8) is 0 Å². The van der Waals surface area contributed by atoms with Gasteiger partial charge in [0.2, 0.25) is 0 Å². The molecule has 1 rings (SSSR count). The highest BCUT2D eigenvalue weighted by atomic mass is 127. The molecule has 12 heavy (non-hydrogen) atoms. The van der Waals surface area contributed by atoms with Gasteiger partial charge in [-0.05, 0) is 45.2 Å². The number of halogens is 2. The summed E-state index contributed by atoms with van der Waals surface area (Å²) in [6.07, 6.45) is 1.70. The maximum Gasteiger partial charge on any atom is 0.132 e. The summed E-state index contributed by atoms with van der Waals surface area (Å²) in [4.78, 5) is 4.08. The molecule has 0 aromatic carbocycles. The van der Waals surface area contributed by atoms with E-state index in [2.05, 4.69) is 50.2 Å². The molecule has 1 atom stereocenters. The molecule has 1 aromatic rings. The molecule has 6 heteroatoms. The van der Waals surface area contributed by atoms with E-state index in [1.54, 1.807) is 6.33 Å². The molecule has 2 N–H and O–H groups in total. The van der Waals surface area contributed by atoms with Gasteiger partial charge in [-0.15, -0.1) is 0 Å². The fourth-order valence-corrected chi connectivity index (χ4v) is 1.62. The Labute approximate surface area is 97.4 Å². The largest absolute Gasteiger partial charge is 0.323 e. The maximum atomic E-state index is 8.48. The fourth-order valence-electron chi connectivity index (χ4n) is 0.723. The molecule has 4 nitrogen and oxygen atoms in total. The molecule has 0 radical (unpaired) electrons. The van der Waals surface area contributed by atoms with Crippen molar-refractivity contribution in [2.45, 2.75) is 12.6 Å². The molecule has 0 saturated carbocycles. The van der Waals surface area contributed by atoms with Crippen LogP contribution < -0.4 is 5.73 Å². The predicted octanol–water partition coefficient (Wildman–Crippen LogP) is 0.943. The van der Waals surface area contributed by atoms with Gasteiger partial charge in [0.05, 0.1) is 18.9 Å². The SMILES string of the molecule is N#CC(N)Cn1cnc(I)c1I. The van der Waals surface area contributed by atoms with Crippen molar-refractivity contribution in [2.75, 3.05) is 0 Å². The molecule has 64 valence electrons. The van der Waals surface area contributed by atoms with Gasteiger partial charge >= 0.3 is 0 Å². The topological polar surface area (TPSA) is 67.6 Å². The van der Waals surface area contributed by atoms with Crippen molar-refractivity contribution in [3.05, 3.63) is 13.7 Å². The first-order chi connectivity index (χ1) is 5.65. The van der Waals surface area contributed by atoms with Gasteiger partial charge in [-0.25, -0.2) is 4.98 Å². The smallest absolute Gasteiger partial charge is 0.132 e. The van der Waals surface area contributed by atoms with Crippen LogP contribution in [0.4, 0.5) is 0 Å². The van der Waals surface area contributed by atoms with E-state index in [0.29, 0.717) is 6.54 Å². The van der Waals surface area contributed by atoms with Gasteiger partial charge in [0.15, 0.2) is 0 Å². The highest BCUT2D eigenvalue weighted by Gasteiger charge is 2.07. The average Bonchev–Trinajstić information content (AvgIpc) is 2.36. The van der Waals surface area contributed by atoms with Crippen LogP contribution in [0.3, 0.4) is 0 Å². The molecule has 0 spiro atoms. The Morgan fingerprint density at radius 1 is 1.75 bits per heavy atom. The summed E-state index contributed by atoms with van der Waals surface area (Å²) in [5, 5.41) is 8.48. The van der Waals surface area contributed by atoms with E-state index in [1.165, 1.54) is 0 Å². The van der Waals surface area contributed by atoms with Crippen LogP contribution in [-0.4, -0.2) is 15.6 Å². The molecule has 0 fully saturated rings. The number of imidazole rings is 1. The first-order valence-electron chi connectivity index (χ1n) is 3.16. The highest BCUT2D eigenvalue weighted by Crippen LogP contribution is 2.12. The lowest BCUT2D eigenvalue weighted by molar-refractivity contribution is 0.626. The Morgan fingerprint density at radius 3 is 2.83 bits per heavy atom. The summed E-state index contributed by atoms with van der Waals surface area (Å²) >= 11 is 4.32. The van der Waals surface area contributed by atoms with Crippen LogP contribution in [0.25, 0.3) is 0 Å². The van der Waals surface area contributed by atoms with Crippen molar-refractivity contribution < 1.29 is 0 Å². The van der Waals surface area contributed by atoms with E-state index in [-0.39, 0.29) is 0 Å². The average molecular weight is 388 g/mol. The van der Waals surface area contributed by atoms with Crippen molar-refractivity contribution >= 4 is 45.2 Å². The van der Waals surface area contributed by atoms with E-state index in [1.807, 2.05) is 10.6 Å². The Morgan fingerprint density at radius 2 is 2.42 bits per heavy atom. The van der Waals surface area contributed by atoms with E-state index in [0.717, 1.165) is 7.40 Å². The number of nitriles is 1. The lowest BCUT2D eigenvalue weighted by Gasteiger charge is -2.04. The quantitative estimate of drug-likeness (QED) is 0.768. The minimum absolute atomic E-state index is 0.455. The molecule has 0 aliphatic heterocycles. The molecule has 0 aliphatic carbocycles. The van der Waals surface area contributed by atoms with Gasteiger partial charge < -0.3 is 10.3 Å². The normalized spacial score (nSPS) is 12.5. The van der Waals surface area contributed by atoms with Crippen molar-refractivity contribution in [1.82, 2.24) is 9.55 Å². The van der Waals surface area contributed by atoms with Gasteiger partial charge in [-0.3, -0.25) is 0 Å².